The van der Waals surface area contributed by atoms with Crippen LogP contribution in [0, 0.1) is 5.92 Å². The summed E-state index contributed by atoms with van der Waals surface area (Å²) in [6.07, 6.45) is 8.89. The fourth-order valence-electron chi connectivity index (χ4n) is 5.79. The quantitative estimate of drug-likeness (QED) is 0.154. The molecule has 3 aliphatic rings. The summed E-state index contributed by atoms with van der Waals surface area (Å²) in [5.74, 6) is -0.358. The zero-order valence-electron chi connectivity index (χ0n) is 26.2. The molecule has 3 fully saturated rings. The number of nitrogens with zero attached hydrogens (tertiary/aromatic N) is 1. The number of epoxide rings is 1. The maximum atomic E-state index is 12.7. The number of ether oxygens (including phenoxy) is 4. The van der Waals surface area contributed by atoms with E-state index in [1.807, 2.05) is 39.8 Å². The van der Waals surface area contributed by atoms with Crippen molar-refractivity contribution in [2.24, 2.45) is 5.92 Å². The minimum absolute atomic E-state index is 0.00570. The van der Waals surface area contributed by atoms with E-state index in [-0.39, 0.29) is 48.5 Å². The van der Waals surface area contributed by atoms with E-state index in [0.29, 0.717) is 32.5 Å². The monoisotopic (exact) mass is 590 g/mol. The Morgan fingerprint density at radius 2 is 1.83 bits per heavy atom. The van der Waals surface area contributed by atoms with Crippen molar-refractivity contribution in [3.63, 3.8) is 0 Å². The van der Waals surface area contributed by atoms with E-state index in [1.165, 1.54) is 13.0 Å². The summed E-state index contributed by atoms with van der Waals surface area (Å²) in [7, 11) is 0. The van der Waals surface area contributed by atoms with Crippen molar-refractivity contribution in [2.45, 2.75) is 122 Å². The van der Waals surface area contributed by atoms with Crippen LogP contribution in [0.25, 0.3) is 0 Å². The van der Waals surface area contributed by atoms with Crippen LogP contribution in [0.4, 0.5) is 0 Å². The number of nitrogens with one attached hydrogen (secondary N) is 1. The third-order valence-electron chi connectivity index (χ3n) is 8.44. The second-order valence-electron chi connectivity index (χ2n) is 11.9. The van der Waals surface area contributed by atoms with Crippen molar-refractivity contribution in [3.05, 3.63) is 36.0 Å². The molecule has 9 atom stereocenters. The lowest BCUT2D eigenvalue weighted by Gasteiger charge is -2.39. The molecule has 2 N–H and O–H groups in total. The molecule has 0 aromatic heterocycles. The van der Waals surface area contributed by atoms with Crippen molar-refractivity contribution in [2.75, 3.05) is 19.7 Å². The Hall–Kier alpha value is -2.53. The van der Waals surface area contributed by atoms with Crippen molar-refractivity contribution < 1.29 is 38.4 Å². The predicted octanol–water partition coefficient (Wildman–Crippen LogP) is 3.23. The molecule has 3 heterocycles. The molecule has 10 heteroatoms. The molecule has 0 bridgehead atoms. The summed E-state index contributed by atoms with van der Waals surface area (Å²) in [6.45, 7) is 14.8. The molecule has 0 unspecified atom stereocenters. The molecule has 0 aromatic rings. The summed E-state index contributed by atoms with van der Waals surface area (Å²) in [6, 6.07) is -0.120. The molecular weight excluding hydrogens is 540 g/mol. The molecule has 42 heavy (non-hydrogen) atoms. The van der Waals surface area contributed by atoms with E-state index in [4.69, 9.17) is 18.9 Å². The van der Waals surface area contributed by atoms with Crippen LogP contribution in [0.15, 0.2) is 36.0 Å². The topological polar surface area (TPSA) is 127 Å². The number of carbonyl (C=O) groups is 3. The zero-order valence-corrected chi connectivity index (χ0v) is 26.2. The summed E-state index contributed by atoms with van der Waals surface area (Å²) in [4.78, 5) is 37.9. The van der Waals surface area contributed by atoms with Gasteiger partial charge in [0.1, 0.15) is 23.9 Å². The fourth-order valence-corrected chi connectivity index (χ4v) is 5.79. The van der Waals surface area contributed by atoms with E-state index in [0.717, 1.165) is 12.0 Å². The van der Waals surface area contributed by atoms with Gasteiger partial charge in [0.15, 0.2) is 0 Å². The summed E-state index contributed by atoms with van der Waals surface area (Å²) >= 11 is 0. The maximum absolute atomic E-state index is 12.7. The lowest BCUT2D eigenvalue weighted by Crippen LogP contribution is -2.51. The highest BCUT2D eigenvalue weighted by Crippen LogP contribution is 2.43. The number of hydrogen-bond acceptors (Lipinski definition) is 8. The van der Waals surface area contributed by atoms with E-state index in [9.17, 15) is 19.5 Å². The van der Waals surface area contributed by atoms with E-state index in [1.54, 1.807) is 17.9 Å². The third-order valence-corrected chi connectivity index (χ3v) is 8.44. The Balaban J connectivity index is 1.51. The van der Waals surface area contributed by atoms with Crippen LogP contribution >= 0.6 is 0 Å². The molecule has 236 valence electrons. The highest BCUT2D eigenvalue weighted by Gasteiger charge is 2.58. The maximum Gasteiger partial charge on any atom is 0.303 e. The largest absolute Gasteiger partial charge is 0.459 e. The second kappa shape index (κ2) is 15.3. The molecule has 0 saturated carbocycles. The third kappa shape index (κ3) is 9.49. The molecular formula is C32H50N2O8. The van der Waals surface area contributed by atoms with Gasteiger partial charge in [-0.05, 0) is 59.5 Å². The van der Waals surface area contributed by atoms with E-state index >= 15 is 0 Å². The summed E-state index contributed by atoms with van der Waals surface area (Å²) in [5.41, 5.74) is 0.395. The number of aliphatic hydroxyl groups excluding tert-OH is 1. The zero-order chi connectivity index (χ0) is 31.0. The molecule has 0 aromatic carbocycles. The first-order chi connectivity index (χ1) is 19.9. The SMILES string of the molecule is CCN(CC)C(=O)C[C@@H]1C[C@@]2(CO2)[C@H](O)[C@@H](/C=C/C(C)=C/C[C@@H]2O[C@H](C)[C@H](NC(=O)/C=C\[C@H](C)OC(C)=O)C[C@@H]2C)O1. The van der Waals surface area contributed by atoms with Crippen LogP contribution < -0.4 is 5.32 Å². The lowest BCUT2D eigenvalue weighted by atomic mass is 9.87. The lowest BCUT2D eigenvalue weighted by molar-refractivity contribution is -0.151. The minimum atomic E-state index is -0.782. The van der Waals surface area contributed by atoms with Crippen LogP contribution in [0.3, 0.4) is 0 Å². The van der Waals surface area contributed by atoms with Crippen LogP contribution in [0.2, 0.25) is 0 Å². The first-order valence-corrected chi connectivity index (χ1v) is 15.3. The molecule has 0 aliphatic carbocycles. The molecule has 10 nitrogen and oxygen atoms in total. The van der Waals surface area contributed by atoms with Gasteiger partial charge in [0.2, 0.25) is 11.8 Å². The van der Waals surface area contributed by atoms with Crippen LogP contribution in [-0.2, 0) is 33.3 Å². The fraction of sp³-hybridized carbons (Fsp3) is 0.719. The van der Waals surface area contributed by atoms with Gasteiger partial charge in [-0.3, -0.25) is 14.4 Å². The number of hydrogen-bond donors (Lipinski definition) is 2. The summed E-state index contributed by atoms with van der Waals surface area (Å²) in [5, 5.41) is 13.9. The average molecular weight is 591 g/mol. The van der Waals surface area contributed by atoms with Gasteiger partial charge in [0.25, 0.3) is 0 Å². The van der Waals surface area contributed by atoms with E-state index in [2.05, 4.69) is 18.3 Å². The normalized spacial score (nSPS) is 34.0. The van der Waals surface area contributed by atoms with Crippen LogP contribution in [-0.4, -0.2) is 95.8 Å². The Labute approximate surface area is 250 Å². The van der Waals surface area contributed by atoms with Gasteiger partial charge in [-0.2, -0.15) is 0 Å². The van der Waals surface area contributed by atoms with Gasteiger partial charge >= 0.3 is 5.97 Å². The molecule has 3 rings (SSSR count). The van der Waals surface area contributed by atoms with Crippen molar-refractivity contribution in [1.29, 1.82) is 0 Å². The summed E-state index contributed by atoms with van der Waals surface area (Å²) < 4.78 is 23.1. The first kappa shape index (κ1) is 34.0. The van der Waals surface area contributed by atoms with Gasteiger partial charge in [-0.15, -0.1) is 0 Å². The number of carbonyl (C=O) groups excluding carboxylic acids is 3. The molecule has 3 saturated heterocycles. The second-order valence-corrected chi connectivity index (χ2v) is 11.9. The highest BCUT2D eigenvalue weighted by atomic mass is 16.6. The smallest absolute Gasteiger partial charge is 0.303 e. The van der Waals surface area contributed by atoms with Gasteiger partial charge in [0, 0.05) is 32.5 Å². The van der Waals surface area contributed by atoms with Crippen molar-refractivity contribution in [3.8, 4) is 0 Å². The number of rotatable bonds is 12. The molecule has 2 amide bonds. The minimum Gasteiger partial charge on any atom is -0.459 e. The standard InChI is InChI=1S/C32H50N2O8/c1-8-34(9-2)30(37)17-25-18-32(19-39-32)31(38)28(42-25)14-11-20(3)10-13-27-21(4)16-26(23(6)41-27)33-29(36)15-12-22(5)40-24(7)35/h10-12,14-15,21-23,25-28,31,38H,8-9,13,16-19H2,1-7H3,(H,33,36)/b14-11+,15-12-,20-10+/t21-,22-,23+,25+,26+,27-,28+,31+,32+/m0/s1. The van der Waals surface area contributed by atoms with Gasteiger partial charge < -0.3 is 34.3 Å². The number of allylic oxidation sites excluding steroid dienone is 2. The molecule has 1 spiro atoms. The molecule has 3 aliphatic heterocycles. The van der Waals surface area contributed by atoms with Crippen LogP contribution in [0.5, 0.6) is 0 Å². The average Bonchev–Trinajstić information content (AvgIpc) is 3.70. The Morgan fingerprint density at radius 3 is 2.45 bits per heavy atom. The number of aliphatic hydroxyl groups is 1. The van der Waals surface area contributed by atoms with Crippen molar-refractivity contribution in [1.82, 2.24) is 10.2 Å². The van der Waals surface area contributed by atoms with Gasteiger partial charge in [0.05, 0.1) is 37.4 Å². The number of esters is 1. The molecule has 0 radical (unpaired) electrons. The Kier molecular flexibility index (Phi) is 12.4. The van der Waals surface area contributed by atoms with Crippen molar-refractivity contribution >= 4 is 17.8 Å². The highest BCUT2D eigenvalue weighted by molar-refractivity contribution is 5.87. The van der Waals surface area contributed by atoms with Crippen LogP contribution in [0.1, 0.15) is 74.1 Å². The Bertz CT molecular complexity index is 1030. The van der Waals surface area contributed by atoms with Gasteiger partial charge in [-0.1, -0.05) is 30.7 Å². The number of amides is 2. The first-order valence-electron chi connectivity index (χ1n) is 15.3. The Morgan fingerprint density at radius 1 is 1.14 bits per heavy atom. The predicted molar refractivity (Wildman–Crippen MR) is 158 cm³/mol. The van der Waals surface area contributed by atoms with E-state index < -0.39 is 29.9 Å². The van der Waals surface area contributed by atoms with Gasteiger partial charge in [-0.25, -0.2) is 0 Å².